The van der Waals surface area contributed by atoms with Gasteiger partial charge in [0.1, 0.15) is 0 Å². The molecule has 11 aromatic rings. The average molecular weight is 842 g/mol. The van der Waals surface area contributed by atoms with E-state index in [1.54, 1.807) is 0 Å². The van der Waals surface area contributed by atoms with Crippen LogP contribution in [0.5, 0.6) is 0 Å². The van der Waals surface area contributed by atoms with Crippen molar-refractivity contribution >= 4 is 67.4 Å². The first-order chi connectivity index (χ1) is 32.3. The van der Waals surface area contributed by atoms with E-state index in [4.69, 9.17) is 0 Å². The fourth-order valence-corrected chi connectivity index (χ4v) is 17.0. The van der Waals surface area contributed by atoms with Crippen molar-refractivity contribution in [3.63, 3.8) is 0 Å². The summed E-state index contributed by atoms with van der Waals surface area (Å²) in [6, 6.07) is 98.0. The lowest BCUT2D eigenvalue weighted by molar-refractivity contribution is 0.768. The molecule has 1 heterocycles. The molecule has 0 aromatic heterocycles. The minimum atomic E-state index is -2.68. The van der Waals surface area contributed by atoms with E-state index in [-0.39, 0.29) is 0 Å². The van der Waals surface area contributed by atoms with Gasteiger partial charge in [-0.2, -0.15) is 0 Å². The Hall–Kier alpha value is -8.04. The van der Waals surface area contributed by atoms with Crippen LogP contribution in [0.2, 0.25) is 0 Å². The van der Waals surface area contributed by atoms with Gasteiger partial charge in [-0.15, -0.1) is 0 Å². The third-order valence-corrected chi connectivity index (χ3v) is 19.3. The maximum atomic E-state index is 2.55. The van der Waals surface area contributed by atoms with E-state index >= 15 is 0 Å². The molecule has 0 N–H and O–H groups in total. The van der Waals surface area contributed by atoms with E-state index in [1.165, 1.54) is 86.8 Å². The van der Waals surface area contributed by atoms with Crippen LogP contribution in [0, 0.1) is 0 Å². The molecule has 11 aromatic carbocycles. The van der Waals surface area contributed by atoms with Crippen LogP contribution < -0.4 is 25.6 Å². The molecule has 1 nitrogen and oxygen atoms in total. The van der Waals surface area contributed by atoms with Crippen LogP contribution in [0.3, 0.4) is 0 Å². The second kappa shape index (κ2) is 14.8. The van der Waals surface area contributed by atoms with E-state index in [2.05, 4.69) is 266 Å². The van der Waals surface area contributed by atoms with Crippen molar-refractivity contribution in [3.05, 3.63) is 283 Å². The van der Waals surface area contributed by atoms with Gasteiger partial charge in [-0.1, -0.05) is 231 Å². The summed E-state index contributed by atoms with van der Waals surface area (Å²) in [6.45, 7) is 0. The third-order valence-electron chi connectivity index (χ3n) is 14.4. The first-order valence-electron chi connectivity index (χ1n) is 22.7. The lowest BCUT2D eigenvalue weighted by atomic mass is 9.67. The third kappa shape index (κ3) is 5.38. The fourth-order valence-electron chi connectivity index (χ4n) is 11.8. The monoisotopic (exact) mass is 841 g/mol. The molecule has 2 heteroatoms. The van der Waals surface area contributed by atoms with Crippen LogP contribution in [0.1, 0.15) is 22.3 Å². The zero-order valence-electron chi connectivity index (χ0n) is 35.8. The predicted octanol–water partition coefficient (Wildman–Crippen LogP) is 13.2. The van der Waals surface area contributed by atoms with E-state index in [9.17, 15) is 0 Å². The Bertz CT molecular complexity index is 3520. The number of benzene rings is 11. The van der Waals surface area contributed by atoms with E-state index in [0.29, 0.717) is 0 Å². The zero-order chi connectivity index (χ0) is 43.0. The Balaban J connectivity index is 1.12. The van der Waals surface area contributed by atoms with Crippen LogP contribution in [-0.2, 0) is 5.41 Å². The van der Waals surface area contributed by atoms with E-state index < -0.39 is 13.5 Å². The number of fused-ring (bicyclic) bond motifs is 9. The van der Waals surface area contributed by atoms with Crippen molar-refractivity contribution in [2.24, 2.45) is 0 Å². The molecule has 0 fully saturated rings. The number of nitrogens with zero attached hydrogens (tertiary/aromatic N) is 1. The minimum absolute atomic E-state index is 0.533. The molecule has 0 spiro atoms. The second-order valence-corrected chi connectivity index (χ2v) is 21.2. The number of anilines is 3. The Morgan fingerprint density at radius 1 is 0.308 bits per heavy atom. The van der Waals surface area contributed by atoms with Crippen molar-refractivity contribution in [1.82, 2.24) is 0 Å². The summed E-state index contributed by atoms with van der Waals surface area (Å²) in [5.74, 6) is 0. The molecule has 1 aliphatic carbocycles. The molecule has 65 heavy (non-hydrogen) atoms. The van der Waals surface area contributed by atoms with Gasteiger partial charge in [0.15, 0.2) is 8.07 Å². The minimum Gasteiger partial charge on any atom is -0.310 e. The van der Waals surface area contributed by atoms with Gasteiger partial charge in [-0.05, 0) is 112 Å². The summed E-state index contributed by atoms with van der Waals surface area (Å²) in [6.07, 6.45) is 0. The fraction of sp³-hybridized carbons (Fsp3) is 0.0159. The second-order valence-electron chi connectivity index (χ2n) is 17.5. The van der Waals surface area contributed by atoms with Gasteiger partial charge in [0.25, 0.3) is 0 Å². The Morgan fingerprint density at radius 3 is 1.49 bits per heavy atom. The summed E-state index contributed by atoms with van der Waals surface area (Å²) >= 11 is 0. The molecule has 0 atom stereocenters. The molecule has 13 rings (SSSR count). The predicted molar refractivity (Wildman–Crippen MR) is 276 cm³/mol. The van der Waals surface area contributed by atoms with Gasteiger partial charge in [0, 0.05) is 16.8 Å². The molecule has 0 amide bonds. The summed E-state index contributed by atoms with van der Waals surface area (Å²) in [5.41, 5.74) is 13.2. The van der Waals surface area contributed by atoms with Gasteiger partial charge in [-0.25, -0.2) is 0 Å². The van der Waals surface area contributed by atoms with Gasteiger partial charge < -0.3 is 4.90 Å². The molecule has 304 valence electrons. The van der Waals surface area contributed by atoms with Crippen LogP contribution >= 0.6 is 0 Å². The molecule has 0 unspecified atom stereocenters. The van der Waals surface area contributed by atoms with Crippen molar-refractivity contribution in [3.8, 4) is 22.3 Å². The van der Waals surface area contributed by atoms with Crippen molar-refractivity contribution in [2.45, 2.75) is 5.41 Å². The Kier molecular flexibility index (Phi) is 8.52. The summed E-state index contributed by atoms with van der Waals surface area (Å²) in [4.78, 5) is 2.55. The molecule has 0 bridgehead atoms. The summed E-state index contributed by atoms with van der Waals surface area (Å²) in [7, 11) is -2.68. The molecular formula is C63H43NSi. The largest absolute Gasteiger partial charge is 0.310 e. The summed E-state index contributed by atoms with van der Waals surface area (Å²) in [5, 5.41) is 10.6. The lowest BCUT2D eigenvalue weighted by Gasteiger charge is -2.35. The molecule has 0 saturated carbocycles. The van der Waals surface area contributed by atoms with Crippen molar-refractivity contribution in [2.75, 3.05) is 4.90 Å². The highest BCUT2D eigenvalue weighted by molar-refractivity contribution is 7.22. The average Bonchev–Trinajstić information content (AvgIpc) is 3.85. The van der Waals surface area contributed by atoms with Crippen molar-refractivity contribution < 1.29 is 0 Å². The molecule has 0 saturated heterocycles. The molecular weight excluding hydrogens is 799 g/mol. The normalized spacial score (nSPS) is 13.8. The van der Waals surface area contributed by atoms with Gasteiger partial charge in [0.2, 0.25) is 0 Å². The SMILES string of the molecule is c1ccc(C2(c3ccccc3)c3ccccc3-c3ccc(N(c4ccc5c(c4)-c4ccccc4[Si]5(c4ccccc4)c4ccccc4)c4cc5ccccc5c5ccccc45)cc32)cc1. The number of hydrogen-bond acceptors (Lipinski definition) is 1. The van der Waals surface area contributed by atoms with Crippen LogP contribution in [0.15, 0.2) is 261 Å². The first-order valence-corrected chi connectivity index (χ1v) is 24.7. The highest BCUT2D eigenvalue weighted by Gasteiger charge is 2.49. The van der Waals surface area contributed by atoms with Crippen LogP contribution in [0.25, 0.3) is 43.8 Å². The van der Waals surface area contributed by atoms with Gasteiger partial charge in [0.05, 0.1) is 11.1 Å². The maximum absolute atomic E-state index is 2.68. The molecule has 2 aliphatic rings. The van der Waals surface area contributed by atoms with Gasteiger partial charge in [-0.3, -0.25) is 0 Å². The molecule has 1 aliphatic heterocycles. The maximum Gasteiger partial charge on any atom is 0.180 e. The number of rotatable bonds is 7. The number of hydrogen-bond donors (Lipinski definition) is 0. The highest BCUT2D eigenvalue weighted by Crippen LogP contribution is 2.57. The zero-order valence-corrected chi connectivity index (χ0v) is 36.8. The van der Waals surface area contributed by atoms with Crippen molar-refractivity contribution in [1.29, 1.82) is 0 Å². The Labute approximate surface area is 381 Å². The Morgan fingerprint density at radius 2 is 0.800 bits per heavy atom. The van der Waals surface area contributed by atoms with E-state index in [0.717, 1.165) is 17.1 Å². The topological polar surface area (TPSA) is 3.24 Å². The van der Waals surface area contributed by atoms with Crippen LogP contribution in [0.4, 0.5) is 17.1 Å². The summed E-state index contributed by atoms with van der Waals surface area (Å²) < 4.78 is 0. The smallest absolute Gasteiger partial charge is 0.180 e. The van der Waals surface area contributed by atoms with Gasteiger partial charge >= 0.3 is 0 Å². The molecule has 0 radical (unpaired) electrons. The standard InChI is InChI=1S/C63H43NSi/c1-5-22-45(23-6-1)63(46-24-7-2-8-25-46)58-35-19-17-32-53(58)54-39-37-48(43-59(54)63)64(60-41-44-21-13-14-30-51(44)52-31-15-16-33-55(52)60)47-38-40-62-57(42-47)56-34-18-20-36-61(56)65(62,49-26-9-3-10-27-49)50-28-11-4-12-29-50/h1-43H. The first kappa shape index (κ1) is 37.5. The van der Waals surface area contributed by atoms with E-state index in [1.807, 2.05) is 0 Å². The quantitative estimate of drug-likeness (QED) is 0.114. The highest BCUT2D eigenvalue weighted by atomic mass is 28.3. The lowest BCUT2D eigenvalue weighted by Crippen LogP contribution is -2.72. The van der Waals surface area contributed by atoms with Crippen LogP contribution in [-0.4, -0.2) is 8.07 Å².